The van der Waals surface area contributed by atoms with E-state index in [0.29, 0.717) is 11.5 Å². The molecule has 0 radical (unpaired) electrons. The van der Waals surface area contributed by atoms with Gasteiger partial charge in [-0.1, -0.05) is 26.2 Å². The number of nitrogens with zero attached hydrogens (tertiary/aromatic N) is 1. The number of guanidine groups is 1. The Kier molecular flexibility index (Phi) is 4.26. The maximum absolute atomic E-state index is 5.54. The predicted molar refractivity (Wildman–Crippen MR) is 71.6 cm³/mol. The lowest BCUT2D eigenvalue weighted by molar-refractivity contribution is 0.139. The largest absolute Gasteiger partial charge is 0.353 e. The molecule has 0 unspecified atom stereocenters. The summed E-state index contributed by atoms with van der Waals surface area (Å²) in [5, 5.41) is 3.42. The van der Waals surface area contributed by atoms with Crippen LogP contribution in [-0.4, -0.2) is 18.5 Å². The zero-order chi connectivity index (χ0) is 12.1. The van der Waals surface area contributed by atoms with Gasteiger partial charge in [-0.05, 0) is 37.5 Å². The van der Waals surface area contributed by atoms with Crippen molar-refractivity contribution in [3.05, 3.63) is 0 Å². The van der Waals surface area contributed by atoms with Crippen LogP contribution in [-0.2, 0) is 0 Å². The number of hydrogen-bond donors (Lipinski definition) is 3. The molecule has 0 saturated heterocycles. The van der Waals surface area contributed by atoms with E-state index in [2.05, 4.69) is 22.7 Å². The minimum atomic E-state index is 0.472. The Bertz CT molecular complexity index is 259. The smallest absolute Gasteiger partial charge is 0.205 e. The second-order valence-corrected chi connectivity index (χ2v) is 5.64. The topological polar surface area (TPSA) is 62.4 Å². The van der Waals surface area contributed by atoms with Gasteiger partial charge in [0, 0.05) is 12.6 Å². The van der Waals surface area contributed by atoms with Crippen LogP contribution in [0.1, 0.15) is 58.3 Å². The molecule has 0 aromatic rings. The molecule has 2 saturated carbocycles. The monoisotopic (exact) mass is 238 g/mol. The quantitative estimate of drug-likeness (QED) is 0.303. The molecule has 4 nitrogen and oxygen atoms in total. The number of hydrogen-bond acceptors (Lipinski definition) is 2. The molecule has 0 aliphatic heterocycles. The van der Waals surface area contributed by atoms with E-state index in [-0.39, 0.29) is 0 Å². The summed E-state index contributed by atoms with van der Waals surface area (Å²) in [6.45, 7) is 3.19. The van der Waals surface area contributed by atoms with Crippen molar-refractivity contribution < 1.29 is 0 Å². The molecule has 2 fully saturated rings. The summed E-state index contributed by atoms with van der Waals surface area (Å²) < 4.78 is 0. The lowest BCUT2D eigenvalue weighted by Gasteiger charge is -2.40. The average Bonchev–Trinajstić information content (AvgIpc) is 2.79. The van der Waals surface area contributed by atoms with Crippen molar-refractivity contribution in [2.45, 2.75) is 64.3 Å². The van der Waals surface area contributed by atoms with Crippen molar-refractivity contribution in [2.75, 3.05) is 6.54 Å². The zero-order valence-electron chi connectivity index (χ0n) is 11.0. The summed E-state index contributed by atoms with van der Waals surface area (Å²) in [6, 6.07) is 0.573. The number of hydrazine groups is 1. The third-order valence-electron chi connectivity index (χ3n) is 4.57. The lowest BCUT2D eigenvalue weighted by Crippen LogP contribution is -2.46. The van der Waals surface area contributed by atoms with Crippen LogP contribution in [0.4, 0.5) is 0 Å². The fraction of sp³-hybridized carbons (Fsp3) is 0.923. The highest BCUT2D eigenvalue weighted by molar-refractivity contribution is 5.79. The third-order valence-corrected chi connectivity index (χ3v) is 4.57. The third kappa shape index (κ3) is 3.12. The summed E-state index contributed by atoms with van der Waals surface area (Å²) in [4.78, 5) is 4.64. The predicted octanol–water partition coefficient (Wildman–Crippen LogP) is 1.92. The molecule has 2 aliphatic carbocycles. The van der Waals surface area contributed by atoms with Crippen LogP contribution in [0, 0.1) is 5.41 Å². The Balaban J connectivity index is 1.83. The average molecular weight is 238 g/mol. The Morgan fingerprint density at radius 3 is 2.47 bits per heavy atom. The Labute approximate surface area is 104 Å². The fourth-order valence-corrected chi connectivity index (χ4v) is 2.94. The van der Waals surface area contributed by atoms with E-state index in [1.807, 2.05) is 0 Å². The van der Waals surface area contributed by atoms with Crippen LogP contribution in [0.15, 0.2) is 4.99 Å². The molecule has 98 valence electrons. The van der Waals surface area contributed by atoms with E-state index < -0.39 is 0 Å². The first-order chi connectivity index (χ1) is 8.28. The molecule has 2 rings (SSSR count). The number of nitrogens with two attached hydrogens (primary N) is 1. The number of aliphatic imine (C=N–C) groups is 1. The van der Waals surface area contributed by atoms with Gasteiger partial charge in [0.2, 0.25) is 5.96 Å². The van der Waals surface area contributed by atoms with Gasteiger partial charge in [0.05, 0.1) is 0 Å². The molecule has 0 heterocycles. The highest BCUT2D eigenvalue weighted by Gasteiger charge is 2.34. The lowest BCUT2D eigenvalue weighted by atomic mass is 9.67. The highest BCUT2D eigenvalue weighted by Crippen LogP contribution is 2.43. The van der Waals surface area contributed by atoms with Gasteiger partial charge < -0.3 is 5.32 Å². The molecule has 2 aliphatic rings. The first kappa shape index (κ1) is 12.7. The molecule has 0 aromatic carbocycles. The maximum atomic E-state index is 5.54. The molecule has 0 amide bonds. The van der Waals surface area contributed by atoms with Crippen molar-refractivity contribution in [1.29, 1.82) is 0 Å². The minimum absolute atomic E-state index is 0.472. The maximum Gasteiger partial charge on any atom is 0.205 e. The van der Waals surface area contributed by atoms with Gasteiger partial charge >= 0.3 is 0 Å². The van der Waals surface area contributed by atoms with Gasteiger partial charge in [-0.3, -0.25) is 10.4 Å². The molecular formula is C13H26N4. The Hall–Kier alpha value is -0.770. The summed E-state index contributed by atoms with van der Waals surface area (Å²) in [7, 11) is 0. The molecular weight excluding hydrogens is 212 g/mol. The van der Waals surface area contributed by atoms with Crippen LogP contribution in [0.5, 0.6) is 0 Å². The van der Waals surface area contributed by atoms with Gasteiger partial charge in [0.25, 0.3) is 0 Å². The summed E-state index contributed by atoms with van der Waals surface area (Å²) >= 11 is 0. The van der Waals surface area contributed by atoms with Crippen LogP contribution in [0.25, 0.3) is 0 Å². The van der Waals surface area contributed by atoms with Gasteiger partial charge in [0.1, 0.15) is 0 Å². The molecule has 4 N–H and O–H groups in total. The zero-order valence-corrected chi connectivity index (χ0v) is 11.0. The van der Waals surface area contributed by atoms with Crippen molar-refractivity contribution in [1.82, 2.24) is 10.7 Å². The van der Waals surface area contributed by atoms with E-state index in [0.717, 1.165) is 12.5 Å². The molecule has 0 bridgehead atoms. The van der Waals surface area contributed by atoms with E-state index in [1.54, 1.807) is 0 Å². The van der Waals surface area contributed by atoms with Crippen LogP contribution in [0.2, 0.25) is 0 Å². The van der Waals surface area contributed by atoms with Crippen LogP contribution in [0.3, 0.4) is 0 Å². The number of nitrogens with one attached hydrogen (secondary N) is 2. The normalized spacial score (nSPS) is 24.5. The minimum Gasteiger partial charge on any atom is -0.353 e. The summed E-state index contributed by atoms with van der Waals surface area (Å²) in [5.41, 5.74) is 3.18. The van der Waals surface area contributed by atoms with E-state index in [1.165, 1.54) is 51.4 Å². The SMILES string of the molecule is CCC1(CN=C(NN)NC2CCCC2)CCC1. The van der Waals surface area contributed by atoms with Gasteiger partial charge in [-0.25, -0.2) is 5.84 Å². The van der Waals surface area contributed by atoms with E-state index >= 15 is 0 Å². The molecule has 4 heteroatoms. The highest BCUT2D eigenvalue weighted by atomic mass is 15.3. The van der Waals surface area contributed by atoms with Crippen molar-refractivity contribution in [3.8, 4) is 0 Å². The van der Waals surface area contributed by atoms with Crippen molar-refractivity contribution in [3.63, 3.8) is 0 Å². The van der Waals surface area contributed by atoms with Crippen molar-refractivity contribution >= 4 is 5.96 Å². The summed E-state index contributed by atoms with van der Waals surface area (Å²) in [6.07, 6.45) is 10.4. The molecule has 0 aromatic heterocycles. The van der Waals surface area contributed by atoms with Crippen LogP contribution < -0.4 is 16.6 Å². The van der Waals surface area contributed by atoms with E-state index in [4.69, 9.17) is 5.84 Å². The first-order valence-electron chi connectivity index (χ1n) is 7.06. The molecule has 0 atom stereocenters. The van der Waals surface area contributed by atoms with E-state index in [9.17, 15) is 0 Å². The van der Waals surface area contributed by atoms with Crippen LogP contribution >= 0.6 is 0 Å². The van der Waals surface area contributed by atoms with Gasteiger partial charge in [-0.2, -0.15) is 0 Å². The fourth-order valence-electron chi connectivity index (χ4n) is 2.94. The standard InChI is InChI=1S/C13H26N4/c1-2-13(8-5-9-13)10-15-12(17-14)16-11-6-3-4-7-11/h11H,2-10,14H2,1H3,(H2,15,16,17). The van der Waals surface area contributed by atoms with Gasteiger partial charge in [0.15, 0.2) is 0 Å². The Morgan fingerprint density at radius 1 is 1.29 bits per heavy atom. The second-order valence-electron chi connectivity index (χ2n) is 5.64. The Morgan fingerprint density at radius 2 is 2.00 bits per heavy atom. The first-order valence-corrected chi connectivity index (χ1v) is 7.06. The summed E-state index contributed by atoms with van der Waals surface area (Å²) in [5.74, 6) is 6.33. The van der Waals surface area contributed by atoms with Gasteiger partial charge in [-0.15, -0.1) is 0 Å². The molecule has 0 spiro atoms. The second kappa shape index (κ2) is 5.71. The van der Waals surface area contributed by atoms with Crippen molar-refractivity contribution in [2.24, 2.45) is 16.3 Å². The number of rotatable bonds is 4. The molecule has 17 heavy (non-hydrogen) atoms.